The molecule has 1 rings (SSSR count). The molecule has 0 saturated heterocycles. The van der Waals surface area contributed by atoms with E-state index in [1.807, 2.05) is 11.2 Å². The van der Waals surface area contributed by atoms with Crippen molar-refractivity contribution in [2.75, 3.05) is 13.2 Å². The van der Waals surface area contributed by atoms with Crippen LogP contribution in [-0.4, -0.2) is 35.5 Å². The summed E-state index contributed by atoms with van der Waals surface area (Å²) < 4.78 is 0. The van der Waals surface area contributed by atoms with Gasteiger partial charge in [-0.05, 0) is 6.92 Å². The molecule has 0 spiro atoms. The zero-order chi connectivity index (χ0) is 6.69. The van der Waals surface area contributed by atoms with E-state index in [1.165, 1.54) is 0 Å². The van der Waals surface area contributed by atoms with Crippen molar-refractivity contribution < 1.29 is 5.11 Å². The molecule has 52 valence electrons. The highest BCUT2D eigenvalue weighted by Gasteiger charge is 2.13. The lowest BCUT2D eigenvalue weighted by Crippen LogP contribution is -2.26. The predicted molar refractivity (Wildman–Crippen MR) is 36.4 cm³/mol. The van der Waals surface area contributed by atoms with Crippen LogP contribution in [0.15, 0.2) is 5.10 Å². The maximum absolute atomic E-state index is 8.53. The molecule has 0 aromatic rings. The van der Waals surface area contributed by atoms with Crippen LogP contribution in [0.3, 0.4) is 0 Å². The van der Waals surface area contributed by atoms with E-state index in [1.54, 1.807) is 0 Å². The number of hydrogen-bond donors (Lipinski definition) is 1. The van der Waals surface area contributed by atoms with E-state index in [2.05, 4.69) is 12.0 Å². The third kappa shape index (κ3) is 1.42. The van der Waals surface area contributed by atoms with Gasteiger partial charge in [-0.15, -0.1) is 0 Å². The second-order valence-corrected chi connectivity index (χ2v) is 2.27. The standard InChI is InChI=1S/C6H12N2O/c1-6-2-3-7-8(6)4-5-9/h3,6,9H,2,4-5H2,1H3. The Bertz CT molecular complexity index is 114. The molecule has 1 aliphatic heterocycles. The van der Waals surface area contributed by atoms with Crippen molar-refractivity contribution in [1.29, 1.82) is 0 Å². The van der Waals surface area contributed by atoms with E-state index in [-0.39, 0.29) is 6.61 Å². The number of aliphatic hydroxyl groups excluding tert-OH is 1. The average molecular weight is 128 g/mol. The number of hydrogen-bond acceptors (Lipinski definition) is 3. The Morgan fingerprint density at radius 1 is 1.89 bits per heavy atom. The SMILES string of the molecule is CC1CC=NN1CCO. The molecule has 3 heteroatoms. The van der Waals surface area contributed by atoms with Crippen molar-refractivity contribution in [3.8, 4) is 0 Å². The number of aliphatic hydroxyl groups is 1. The summed E-state index contributed by atoms with van der Waals surface area (Å²) in [7, 11) is 0. The summed E-state index contributed by atoms with van der Waals surface area (Å²) in [6.07, 6.45) is 2.90. The van der Waals surface area contributed by atoms with Crippen LogP contribution in [-0.2, 0) is 0 Å². The van der Waals surface area contributed by atoms with E-state index in [0.29, 0.717) is 12.6 Å². The van der Waals surface area contributed by atoms with Gasteiger partial charge in [-0.2, -0.15) is 5.10 Å². The number of β-amino-alcohol motifs (C(OH)–C–C–N with tert-alkyl or cyclic N) is 1. The maximum Gasteiger partial charge on any atom is 0.0623 e. The molecule has 0 saturated carbocycles. The summed E-state index contributed by atoms with van der Waals surface area (Å²) in [4.78, 5) is 0. The largest absolute Gasteiger partial charge is 0.394 e. The number of rotatable bonds is 2. The second kappa shape index (κ2) is 2.82. The molecule has 0 aromatic carbocycles. The monoisotopic (exact) mass is 128 g/mol. The summed E-state index contributed by atoms with van der Waals surface area (Å²) in [6, 6.07) is 0.483. The summed E-state index contributed by atoms with van der Waals surface area (Å²) in [5.74, 6) is 0. The highest BCUT2D eigenvalue weighted by Crippen LogP contribution is 2.07. The van der Waals surface area contributed by atoms with Crippen molar-refractivity contribution in [3.63, 3.8) is 0 Å². The molecule has 1 N–H and O–H groups in total. The van der Waals surface area contributed by atoms with Crippen molar-refractivity contribution in [2.45, 2.75) is 19.4 Å². The maximum atomic E-state index is 8.53. The van der Waals surface area contributed by atoms with Gasteiger partial charge in [-0.3, -0.25) is 5.01 Å². The van der Waals surface area contributed by atoms with Crippen LogP contribution in [0.5, 0.6) is 0 Å². The van der Waals surface area contributed by atoms with Crippen LogP contribution in [0.4, 0.5) is 0 Å². The molecular formula is C6H12N2O. The van der Waals surface area contributed by atoms with Gasteiger partial charge in [0.2, 0.25) is 0 Å². The minimum Gasteiger partial charge on any atom is -0.394 e. The third-order valence-electron chi connectivity index (χ3n) is 1.51. The fourth-order valence-electron chi connectivity index (χ4n) is 0.921. The van der Waals surface area contributed by atoms with Crippen LogP contribution in [0.25, 0.3) is 0 Å². The molecule has 0 bridgehead atoms. The summed E-state index contributed by atoms with van der Waals surface area (Å²) in [5, 5.41) is 14.5. The molecule has 3 nitrogen and oxygen atoms in total. The highest BCUT2D eigenvalue weighted by atomic mass is 16.3. The Kier molecular flexibility index (Phi) is 2.05. The first-order valence-electron chi connectivity index (χ1n) is 3.24. The van der Waals surface area contributed by atoms with E-state index in [4.69, 9.17) is 5.11 Å². The summed E-state index contributed by atoms with van der Waals surface area (Å²) >= 11 is 0. The topological polar surface area (TPSA) is 35.8 Å². The first kappa shape index (κ1) is 6.55. The second-order valence-electron chi connectivity index (χ2n) is 2.27. The fraction of sp³-hybridized carbons (Fsp3) is 0.833. The van der Waals surface area contributed by atoms with Crippen LogP contribution in [0.1, 0.15) is 13.3 Å². The van der Waals surface area contributed by atoms with Crippen LogP contribution >= 0.6 is 0 Å². The first-order valence-corrected chi connectivity index (χ1v) is 3.24. The van der Waals surface area contributed by atoms with Gasteiger partial charge in [0, 0.05) is 18.7 Å². The summed E-state index contributed by atoms with van der Waals surface area (Å²) in [6.45, 7) is 2.96. The van der Waals surface area contributed by atoms with E-state index >= 15 is 0 Å². The van der Waals surface area contributed by atoms with Gasteiger partial charge in [0.1, 0.15) is 0 Å². The zero-order valence-electron chi connectivity index (χ0n) is 5.62. The lowest BCUT2D eigenvalue weighted by molar-refractivity contribution is 0.179. The minimum atomic E-state index is 0.196. The molecule has 0 radical (unpaired) electrons. The smallest absolute Gasteiger partial charge is 0.0623 e. The van der Waals surface area contributed by atoms with Gasteiger partial charge < -0.3 is 5.11 Å². The Morgan fingerprint density at radius 3 is 3.11 bits per heavy atom. The molecule has 1 aliphatic rings. The summed E-state index contributed by atoms with van der Waals surface area (Å²) in [5.41, 5.74) is 0. The number of nitrogens with zero attached hydrogens (tertiary/aromatic N) is 2. The van der Waals surface area contributed by atoms with E-state index in [0.717, 1.165) is 6.42 Å². The first-order chi connectivity index (χ1) is 4.34. The number of hydrazone groups is 1. The molecule has 1 unspecified atom stereocenters. The van der Waals surface area contributed by atoms with Gasteiger partial charge in [0.15, 0.2) is 0 Å². The van der Waals surface area contributed by atoms with E-state index < -0.39 is 0 Å². The lowest BCUT2D eigenvalue weighted by Gasteiger charge is -2.17. The molecular weight excluding hydrogens is 116 g/mol. The van der Waals surface area contributed by atoms with Gasteiger partial charge in [-0.1, -0.05) is 0 Å². The Balaban J connectivity index is 2.31. The zero-order valence-corrected chi connectivity index (χ0v) is 5.62. The predicted octanol–water partition coefficient (Wildman–Crippen LogP) is 0.0587. The normalized spacial score (nSPS) is 25.6. The van der Waals surface area contributed by atoms with Crippen LogP contribution in [0, 0.1) is 0 Å². The lowest BCUT2D eigenvalue weighted by atomic mass is 10.3. The Morgan fingerprint density at radius 2 is 2.67 bits per heavy atom. The molecule has 0 amide bonds. The van der Waals surface area contributed by atoms with E-state index in [9.17, 15) is 0 Å². The Hall–Kier alpha value is -0.570. The fourth-order valence-corrected chi connectivity index (χ4v) is 0.921. The molecule has 9 heavy (non-hydrogen) atoms. The van der Waals surface area contributed by atoms with Gasteiger partial charge in [-0.25, -0.2) is 0 Å². The molecule has 0 fully saturated rings. The van der Waals surface area contributed by atoms with Gasteiger partial charge in [0.25, 0.3) is 0 Å². The molecule has 1 atom stereocenters. The van der Waals surface area contributed by atoms with Crippen molar-refractivity contribution in [1.82, 2.24) is 5.01 Å². The third-order valence-corrected chi connectivity index (χ3v) is 1.51. The molecule has 0 aliphatic carbocycles. The minimum absolute atomic E-state index is 0.196. The van der Waals surface area contributed by atoms with Crippen molar-refractivity contribution in [3.05, 3.63) is 0 Å². The van der Waals surface area contributed by atoms with Crippen LogP contribution < -0.4 is 0 Å². The van der Waals surface area contributed by atoms with Gasteiger partial charge >= 0.3 is 0 Å². The average Bonchev–Trinajstić information content (AvgIpc) is 2.18. The highest BCUT2D eigenvalue weighted by molar-refractivity contribution is 5.59. The molecule has 0 aromatic heterocycles. The van der Waals surface area contributed by atoms with Crippen molar-refractivity contribution in [2.24, 2.45) is 5.10 Å². The quantitative estimate of drug-likeness (QED) is 0.570. The van der Waals surface area contributed by atoms with Crippen molar-refractivity contribution >= 4 is 6.21 Å². The van der Waals surface area contributed by atoms with Crippen LogP contribution in [0.2, 0.25) is 0 Å². The molecule has 1 heterocycles. The Labute approximate surface area is 55.0 Å². The van der Waals surface area contributed by atoms with Gasteiger partial charge in [0.05, 0.1) is 13.2 Å².